The number of hydrogen-bond acceptors (Lipinski definition) is 0. The zero-order valence-electron chi connectivity index (χ0n) is 12.1. The van der Waals surface area contributed by atoms with E-state index in [4.69, 9.17) is 0 Å². The van der Waals surface area contributed by atoms with E-state index in [0.29, 0.717) is 0 Å². The molecule has 0 unspecified atom stereocenters. The fourth-order valence-electron chi connectivity index (χ4n) is 1.85. The van der Waals surface area contributed by atoms with Crippen LogP contribution < -0.4 is 0 Å². The number of rotatable bonds is 10. The van der Waals surface area contributed by atoms with Crippen LogP contribution in [0.2, 0.25) is 17.3 Å². The summed E-state index contributed by atoms with van der Waals surface area (Å²) < 4.78 is 1.60. The Morgan fingerprint density at radius 3 is 1.69 bits per heavy atom. The first-order valence-electron chi connectivity index (χ1n) is 7.16. The minimum absolute atomic E-state index is 1.30. The average Bonchev–Trinajstić information content (AvgIpc) is 2.20. The van der Waals surface area contributed by atoms with E-state index < -0.39 is 13.3 Å². The van der Waals surface area contributed by atoms with Crippen LogP contribution in [-0.4, -0.2) is 13.3 Å². The molecule has 0 aromatic carbocycles. The van der Waals surface area contributed by atoms with E-state index >= 15 is 0 Å². The molecule has 0 bridgehead atoms. The Hall–Kier alpha value is 0.283. The molecule has 0 saturated heterocycles. The van der Waals surface area contributed by atoms with Crippen LogP contribution in [0.5, 0.6) is 0 Å². The van der Waals surface area contributed by atoms with E-state index in [-0.39, 0.29) is 0 Å². The van der Waals surface area contributed by atoms with Crippen molar-refractivity contribution in [3.8, 4) is 0 Å². The maximum atomic E-state index is 4.27. The second kappa shape index (κ2) is 9.33. The molecule has 0 rings (SSSR count). The second-order valence-corrected chi connectivity index (χ2v) is 17.0. The van der Waals surface area contributed by atoms with Gasteiger partial charge in [-0.1, -0.05) is 0 Å². The van der Waals surface area contributed by atoms with Crippen LogP contribution in [0.25, 0.3) is 0 Å². The first kappa shape index (κ1) is 16.3. The van der Waals surface area contributed by atoms with Crippen LogP contribution in [0.1, 0.15) is 64.7 Å². The van der Waals surface area contributed by atoms with Crippen LogP contribution in [0, 0.1) is 0 Å². The molecule has 0 amide bonds. The molecule has 0 aromatic rings. The molecule has 16 heavy (non-hydrogen) atoms. The second-order valence-electron chi connectivity index (χ2n) is 6.08. The van der Waals surface area contributed by atoms with Crippen molar-refractivity contribution in [1.29, 1.82) is 0 Å². The predicted molar refractivity (Wildman–Crippen MR) is 79.7 cm³/mol. The quantitative estimate of drug-likeness (QED) is 0.343. The Bertz CT molecular complexity index is 176. The van der Waals surface area contributed by atoms with Gasteiger partial charge in [-0.15, -0.1) is 0 Å². The van der Waals surface area contributed by atoms with Crippen LogP contribution in [0.15, 0.2) is 11.0 Å². The normalized spacial score (nSPS) is 11.8. The van der Waals surface area contributed by atoms with E-state index in [9.17, 15) is 0 Å². The van der Waals surface area contributed by atoms with Gasteiger partial charge in [-0.05, 0) is 0 Å². The summed E-state index contributed by atoms with van der Waals surface area (Å²) in [4.78, 5) is 0. The van der Waals surface area contributed by atoms with E-state index in [1.165, 1.54) is 57.8 Å². The topological polar surface area (TPSA) is 0 Å². The molecule has 0 aliphatic heterocycles. The molecule has 0 aromatic heterocycles. The van der Waals surface area contributed by atoms with E-state index in [1.54, 1.807) is 4.41 Å². The van der Waals surface area contributed by atoms with Crippen LogP contribution in [0.4, 0.5) is 0 Å². The standard InChI is InChI=1S/C15H32Ge/c1-6-7-8-9-10-11-12-13-14-15(2)16(3,4)5/h2,6-14H2,1,3-5H3. The zero-order valence-corrected chi connectivity index (χ0v) is 14.2. The SMILES string of the molecule is C=[C](CCCCCCCCCC)[Ge]([CH3])([CH3])[CH3]. The molecule has 0 aliphatic carbocycles. The molecule has 96 valence electrons. The van der Waals surface area contributed by atoms with Gasteiger partial charge in [-0.3, -0.25) is 0 Å². The van der Waals surface area contributed by atoms with Crippen molar-refractivity contribution in [2.75, 3.05) is 0 Å². The summed E-state index contributed by atoms with van der Waals surface area (Å²) in [6.45, 7) is 6.55. The van der Waals surface area contributed by atoms with E-state index in [2.05, 4.69) is 30.8 Å². The molecule has 0 fully saturated rings. The molecule has 0 heterocycles. The molecule has 0 saturated carbocycles. The summed E-state index contributed by atoms with van der Waals surface area (Å²) >= 11 is -1.51. The number of unbranched alkanes of at least 4 members (excludes halogenated alkanes) is 7. The predicted octanol–water partition coefficient (Wildman–Crippen LogP) is 5.95. The summed E-state index contributed by atoms with van der Waals surface area (Å²) in [5.41, 5.74) is 0. The van der Waals surface area contributed by atoms with Gasteiger partial charge in [0, 0.05) is 0 Å². The fourth-order valence-corrected chi connectivity index (χ4v) is 3.79. The van der Waals surface area contributed by atoms with Gasteiger partial charge in [0.05, 0.1) is 0 Å². The van der Waals surface area contributed by atoms with Gasteiger partial charge >= 0.3 is 106 Å². The van der Waals surface area contributed by atoms with Crippen molar-refractivity contribution in [1.82, 2.24) is 0 Å². The summed E-state index contributed by atoms with van der Waals surface area (Å²) in [6, 6.07) is 0. The van der Waals surface area contributed by atoms with Crippen molar-refractivity contribution in [3.05, 3.63) is 11.0 Å². The van der Waals surface area contributed by atoms with Gasteiger partial charge in [0.25, 0.3) is 0 Å². The van der Waals surface area contributed by atoms with Crippen molar-refractivity contribution in [3.63, 3.8) is 0 Å². The van der Waals surface area contributed by atoms with Crippen molar-refractivity contribution in [2.24, 2.45) is 0 Å². The van der Waals surface area contributed by atoms with Gasteiger partial charge in [0.1, 0.15) is 0 Å². The Morgan fingerprint density at radius 1 is 0.812 bits per heavy atom. The first-order chi connectivity index (χ1) is 7.48. The third kappa shape index (κ3) is 9.50. The molecule has 0 nitrogen and oxygen atoms in total. The molecule has 0 radical (unpaired) electrons. The Kier molecular flexibility index (Phi) is 9.49. The summed E-state index contributed by atoms with van der Waals surface area (Å²) in [5.74, 6) is 7.35. The van der Waals surface area contributed by atoms with Crippen molar-refractivity contribution >= 4 is 13.3 Å². The van der Waals surface area contributed by atoms with Crippen LogP contribution in [-0.2, 0) is 0 Å². The Balaban J connectivity index is 3.25. The molecular weight excluding hydrogens is 253 g/mol. The number of allylic oxidation sites excluding steroid dienone is 1. The summed E-state index contributed by atoms with van der Waals surface area (Å²) in [6.07, 6.45) is 12.7. The van der Waals surface area contributed by atoms with Crippen molar-refractivity contribution in [2.45, 2.75) is 82.0 Å². The average molecular weight is 285 g/mol. The van der Waals surface area contributed by atoms with Gasteiger partial charge in [-0.2, -0.15) is 0 Å². The third-order valence-corrected chi connectivity index (χ3v) is 8.37. The van der Waals surface area contributed by atoms with Gasteiger partial charge in [0.15, 0.2) is 0 Å². The summed E-state index contributed by atoms with van der Waals surface area (Å²) in [5, 5.41) is 0. The molecule has 0 atom stereocenters. The van der Waals surface area contributed by atoms with Crippen LogP contribution >= 0.6 is 0 Å². The monoisotopic (exact) mass is 286 g/mol. The third-order valence-electron chi connectivity index (χ3n) is 3.39. The molecule has 0 N–H and O–H groups in total. The molecule has 0 aliphatic rings. The van der Waals surface area contributed by atoms with Gasteiger partial charge in [-0.25, -0.2) is 0 Å². The van der Waals surface area contributed by atoms with Gasteiger partial charge in [0.2, 0.25) is 0 Å². The molecular formula is C15H32Ge. The fraction of sp³-hybridized carbons (Fsp3) is 0.867. The Labute approximate surface area is 106 Å². The maximum absolute atomic E-state index is 4.27. The van der Waals surface area contributed by atoms with E-state index in [1.807, 2.05) is 0 Å². The summed E-state index contributed by atoms with van der Waals surface area (Å²) in [7, 11) is 0. The first-order valence-corrected chi connectivity index (χ1v) is 14.5. The number of hydrogen-bond donors (Lipinski definition) is 0. The van der Waals surface area contributed by atoms with E-state index in [0.717, 1.165) is 0 Å². The zero-order chi connectivity index (χ0) is 12.4. The van der Waals surface area contributed by atoms with Crippen molar-refractivity contribution < 1.29 is 0 Å². The minimum atomic E-state index is -1.51. The Morgan fingerprint density at radius 2 is 1.25 bits per heavy atom. The van der Waals surface area contributed by atoms with Gasteiger partial charge < -0.3 is 0 Å². The molecule has 1 heteroatoms. The molecule has 0 spiro atoms. The van der Waals surface area contributed by atoms with Crippen LogP contribution in [0.3, 0.4) is 0 Å².